The summed E-state index contributed by atoms with van der Waals surface area (Å²) in [6, 6.07) is 10.5. The van der Waals surface area contributed by atoms with Crippen LogP contribution in [0.4, 0.5) is 11.6 Å². The molecule has 6 nitrogen and oxygen atoms in total. The molecule has 0 atom stereocenters. The average molecular weight is 401 g/mol. The zero-order chi connectivity index (χ0) is 19.2. The third kappa shape index (κ3) is 4.36. The lowest BCUT2D eigenvalue weighted by Gasteiger charge is -2.38. The Bertz CT molecular complexity index is 759. The Labute approximate surface area is 171 Å². The van der Waals surface area contributed by atoms with Crippen molar-refractivity contribution in [1.82, 2.24) is 9.97 Å². The Morgan fingerprint density at radius 2 is 1.89 bits per heavy atom. The van der Waals surface area contributed by atoms with E-state index in [2.05, 4.69) is 38.4 Å². The fourth-order valence-corrected chi connectivity index (χ4v) is 4.85. The number of anilines is 2. The van der Waals surface area contributed by atoms with Gasteiger partial charge in [-0.1, -0.05) is 12.1 Å². The normalized spacial score (nSPS) is 19.2. The van der Waals surface area contributed by atoms with Crippen molar-refractivity contribution in [2.24, 2.45) is 0 Å². The molecule has 1 aromatic heterocycles. The summed E-state index contributed by atoms with van der Waals surface area (Å²) >= 11 is 2.00. The van der Waals surface area contributed by atoms with Gasteiger partial charge in [-0.15, -0.1) is 0 Å². The van der Waals surface area contributed by atoms with E-state index in [1.54, 1.807) is 13.4 Å². The maximum atomic E-state index is 5.65. The number of aromatic nitrogens is 2. The van der Waals surface area contributed by atoms with Crippen LogP contribution in [0, 0.1) is 0 Å². The zero-order valence-corrected chi connectivity index (χ0v) is 17.2. The van der Waals surface area contributed by atoms with Crippen LogP contribution in [0.2, 0.25) is 0 Å². The van der Waals surface area contributed by atoms with E-state index in [4.69, 9.17) is 9.47 Å². The van der Waals surface area contributed by atoms with Crippen LogP contribution < -0.4 is 15.0 Å². The first-order valence-electron chi connectivity index (χ1n) is 9.90. The quantitative estimate of drug-likeness (QED) is 0.799. The number of hydrogen-bond donors (Lipinski definition) is 1. The molecule has 3 heterocycles. The Hall–Kier alpha value is -1.99. The van der Waals surface area contributed by atoms with Gasteiger partial charge in [0.05, 0.1) is 7.11 Å². The van der Waals surface area contributed by atoms with E-state index in [-0.39, 0.29) is 5.41 Å². The summed E-state index contributed by atoms with van der Waals surface area (Å²) in [5.41, 5.74) is 1.36. The molecule has 0 unspecified atom stereocenters. The summed E-state index contributed by atoms with van der Waals surface area (Å²) in [6.45, 7) is 4.50. The van der Waals surface area contributed by atoms with Crippen LogP contribution in [-0.2, 0) is 10.2 Å². The molecule has 0 saturated carbocycles. The molecule has 7 heteroatoms. The van der Waals surface area contributed by atoms with Crippen LogP contribution in [0.5, 0.6) is 5.75 Å². The van der Waals surface area contributed by atoms with E-state index in [1.165, 1.54) is 5.56 Å². The highest BCUT2D eigenvalue weighted by atomic mass is 32.2. The van der Waals surface area contributed by atoms with Gasteiger partial charge in [-0.3, -0.25) is 0 Å². The van der Waals surface area contributed by atoms with Gasteiger partial charge < -0.3 is 19.7 Å². The van der Waals surface area contributed by atoms with Crippen LogP contribution in [0.3, 0.4) is 0 Å². The molecule has 4 rings (SSSR count). The first-order chi connectivity index (χ1) is 13.8. The summed E-state index contributed by atoms with van der Waals surface area (Å²) in [5, 5.41) is 3.59. The number of ether oxygens (including phenoxy) is 2. The third-order valence-electron chi connectivity index (χ3n) is 5.75. The first kappa shape index (κ1) is 19.3. The molecular formula is C21H28N4O2S. The molecule has 0 amide bonds. The van der Waals surface area contributed by atoms with E-state index in [1.807, 2.05) is 23.9 Å². The highest BCUT2D eigenvalue weighted by Gasteiger charge is 2.34. The van der Waals surface area contributed by atoms with Crippen molar-refractivity contribution in [2.75, 3.05) is 61.7 Å². The molecule has 2 saturated heterocycles. The maximum absolute atomic E-state index is 5.65. The predicted molar refractivity (Wildman–Crippen MR) is 115 cm³/mol. The smallest absolute Gasteiger partial charge is 0.134 e. The molecule has 0 bridgehead atoms. The molecule has 2 aliphatic heterocycles. The molecule has 0 spiro atoms. The van der Waals surface area contributed by atoms with Gasteiger partial charge >= 0.3 is 0 Å². The largest absolute Gasteiger partial charge is 0.497 e. The Balaban J connectivity index is 1.50. The van der Waals surface area contributed by atoms with Crippen molar-refractivity contribution in [3.8, 4) is 5.75 Å². The second-order valence-electron chi connectivity index (χ2n) is 7.34. The molecule has 150 valence electrons. The van der Waals surface area contributed by atoms with E-state index < -0.39 is 0 Å². The van der Waals surface area contributed by atoms with E-state index in [9.17, 15) is 0 Å². The summed E-state index contributed by atoms with van der Waals surface area (Å²) in [7, 11) is 1.70. The van der Waals surface area contributed by atoms with Crippen molar-refractivity contribution in [1.29, 1.82) is 0 Å². The van der Waals surface area contributed by atoms with Crippen LogP contribution in [0.1, 0.15) is 18.4 Å². The summed E-state index contributed by atoms with van der Waals surface area (Å²) in [5.74, 6) is 5.12. The Kier molecular flexibility index (Phi) is 6.22. The van der Waals surface area contributed by atoms with Gasteiger partial charge in [0.2, 0.25) is 0 Å². The van der Waals surface area contributed by atoms with Crippen LogP contribution in [-0.4, -0.2) is 61.4 Å². The average Bonchev–Trinajstić information content (AvgIpc) is 2.79. The standard InChI is InChI=1S/C21H28N4O2S/c1-26-18-4-2-17(3-5-18)21(6-10-27-11-7-21)15-22-19-14-20(24-16-23-19)25-8-12-28-13-9-25/h2-5,14,16H,6-13,15H2,1H3,(H,22,23,24). The minimum atomic E-state index is 0.0391. The minimum absolute atomic E-state index is 0.0391. The van der Waals surface area contributed by atoms with Gasteiger partial charge in [0.25, 0.3) is 0 Å². The Morgan fingerprint density at radius 1 is 1.14 bits per heavy atom. The van der Waals surface area contributed by atoms with Crippen molar-refractivity contribution < 1.29 is 9.47 Å². The molecule has 0 radical (unpaired) electrons. The maximum Gasteiger partial charge on any atom is 0.134 e. The van der Waals surface area contributed by atoms with Gasteiger partial charge in [0.15, 0.2) is 0 Å². The minimum Gasteiger partial charge on any atom is -0.497 e. The number of nitrogens with zero attached hydrogens (tertiary/aromatic N) is 3. The van der Waals surface area contributed by atoms with Crippen LogP contribution >= 0.6 is 11.8 Å². The first-order valence-corrected chi connectivity index (χ1v) is 11.1. The summed E-state index contributed by atoms with van der Waals surface area (Å²) in [6.07, 6.45) is 3.66. The highest BCUT2D eigenvalue weighted by Crippen LogP contribution is 2.36. The van der Waals surface area contributed by atoms with Crippen LogP contribution in [0.15, 0.2) is 36.7 Å². The van der Waals surface area contributed by atoms with E-state index in [0.29, 0.717) is 0 Å². The highest BCUT2D eigenvalue weighted by molar-refractivity contribution is 7.99. The fourth-order valence-electron chi connectivity index (χ4n) is 3.94. The molecule has 2 fully saturated rings. The second kappa shape index (κ2) is 9.01. The molecule has 2 aromatic rings. The number of hydrogen-bond acceptors (Lipinski definition) is 7. The SMILES string of the molecule is COc1ccc(C2(CNc3cc(N4CCSCC4)ncn3)CCOCC2)cc1. The number of methoxy groups -OCH3 is 1. The van der Waals surface area contributed by atoms with Gasteiger partial charge in [-0.25, -0.2) is 9.97 Å². The van der Waals surface area contributed by atoms with Gasteiger partial charge in [0.1, 0.15) is 23.7 Å². The molecule has 28 heavy (non-hydrogen) atoms. The lowest BCUT2D eigenvalue weighted by Crippen LogP contribution is -2.40. The zero-order valence-electron chi connectivity index (χ0n) is 16.4. The van der Waals surface area contributed by atoms with Crippen LogP contribution in [0.25, 0.3) is 0 Å². The molecule has 1 N–H and O–H groups in total. The number of nitrogens with one attached hydrogen (secondary N) is 1. The lowest BCUT2D eigenvalue weighted by atomic mass is 9.74. The third-order valence-corrected chi connectivity index (χ3v) is 6.69. The van der Waals surface area contributed by atoms with Crippen molar-refractivity contribution in [3.05, 3.63) is 42.2 Å². The predicted octanol–water partition coefficient (Wildman–Crippen LogP) is 3.20. The second-order valence-corrected chi connectivity index (χ2v) is 8.56. The van der Waals surface area contributed by atoms with E-state index in [0.717, 1.165) is 74.6 Å². The fraction of sp³-hybridized carbons (Fsp3) is 0.524. The Morgan fingerprint density at radius 3 is 2.61 bits per heavy atom. The monoisotopic (exact) mass is 400 g/mol. The number of rotatable bonds is 6. The number of thioether (sulfide) groups is 1. The van der Waals surface area contributed by atoms with Crippen molar-refractivity contribution in [3.63, 3.8) is 0 Å². The molecule has 2 aliphatic rings. The van der Waals surface area contributed by atoms with Crippen molar-refractivity contribution >= 4 is 23.4 Å². The van der Waals surface area contributed by atoms with Crippen molar-refractivity contribution in [2.45, 2.75) is 18.3 Å². The van der Waals surface area contributed by atoms with Gasteiger partial charge in [-0.2, -0.15) is 11.8 Å². The van der Waals surface area contributed by atoms with Gasteiger partial charge in [-0.05, 0) is 30.5 Å². The summed E-state index contributed by atoms with van der Waals surface area (Å²) < 4.78 is 11.0. The molecular weight excluding hydrogens is 372 g/mol. The molecule has 1 aromatic carbocycles. The summed E-state index contributed by atoms with van der Waals surface area (Å²) in [4.78, 5) is 11.3. The van der Waals surface area contributed by atoms with Gasteiger partial charge in [0, 0.05) is 55.8 Å². The molecule has 0 aliphatic carbocycles. The number of benzene rings is 1. The lowest BCUT2D eigenvalue weighted by molar-refractivity contribution is 0.0543. The van der Waals surface area contributed by atoms with E-state index >= 15 is 0 Å². The topological polar surface area (TPSA) is 59.5 Å².